The molecule has 1 aromatic carbocycles. The molecule has 0 radical (unpaired) electrons. The average molecular weight is 528 g/mol. The van der Waals surface area contributed by atoms with Gasteiger partial charge in [-0.1, -0.05) is 12.1 Å². The molecule has 0 aliphatic carbocycles. The number of amides is 1. The zero-order chi connectivity index (χ0) is 27.4. The number of H-pyrrole nitrogens is 1. The van der Waals surface area contributed by atoms with Crippen LogP contribution in [0.25, 0.3) is 16.6 Å². The number of aliphatic imine (C=N–C) groups is 1. The molecule has 4 aromatic rings. The quantitative estimate of drug-likeness (QED) is 0.377. The Morgan fingerprint density at radius 3 is 2.72 bits per heavy atom. The van der Waals surface area contributed by atoms with Crippen LogP contribution in [0, 0.1) is 33.6 Å². The molecule has 6 rings (SSSR count). The Morgan fingerprint density at radius 2 is 1.95 bits per heavy atom. The molecule has 3 atom stereocenters. The maximum absolute atomic E-state index is 14.0. The van der Waals surface area contributed by atoms with E-state index in [1.54, 1.807) is 0 Å². The van der Waals surface area contributed by atoms with E-state index >= 15 is 0 Å². The summed E-state index contributed by atoms with van der Waals surface area (Å²) in [5.41, 5.74) is 7.65. The van der Waals surface area contributed by atoms with Crippen molar-refractivity contribution in [1.29, 1.82) is 0 Å². The minimum Gasteiger partial charge on any atom is -0.391 e. The summed E-state index contributed by atoms with van der Waals surface area (Å²) in [4.78, 5) is 30.5. The second-order valence-corrected chi connectivity index (χ2v) is 11.3. The molecule has 204 valence electrons. The van der Waals surface area contributed by atoms with Crippen LogP contribution in [0.5, 0.6) is 0 Å². The van der Waals surface area contributed by atoms with Crippen LogP contribution < -0.4 is 4.90 Å². The monoisotopic (exact) mass is 527 g/mol. The van der Waals surface area contributed by atoms with Crippen LogP contribution in [-0.2, 0) is 0 Å². The van der Waals surface area contributed by atoms with Gasteiger partial charge in [-0.2, -0.15) is 5.10 Å². The van der Waals surface area contributed by atoms with Gasteiger partial charge in [-0.15, -0.1) is 0 Å². The number of likely N-dealkylation sites (tertiary alicyclic amines) is 1. The van der Waals surface area contributed by atoms with Crippen molar-refractivity contribution in [2.75, 3.05) is 31.1 Å². The highest BCUT2D eigenvalue weighted by molar-refractivity contribution is 6.02. The molecule has 9 heteroatoms. The topological polar surface area (TPSA) is 102 Å². The molecular formula is C30H37N7O2. The lowest BCUT2D eigenvalue weighted by Gasteiger charge is -2.34. The van der Waals surface area contributed by atoms with Crippen LogP contribution in [-0.4, -0.2) is 74.5 Å². The smallest absolute Gasteiger partial charge is 0.271 e. The number of aryl methyl sites for hydroxylation is 4. The molecule has 2 N–H and O–H groups in total. The van der Waals surface area contributed by atoms with Crippen molar-refractivity contribution in [3.8, 4) is 0 Å². The second kappa shape index (κ2) is 9.79. The summed E-state index contributed by atoms with van der Waals surface area (Å²) in [6.45, 7) is 14.3. The van der Waals surface area contributed by atoms with Gasteiger partial charge in [-0.25, -0.2) is 9.50 Å². The Hall–Kier alpha value is -3.72. The van der Waals surface area contributed by atoms with Crippen molar-refractivity contribution in [1.82, 2.24) is 24.5 Å². The molecule has 2 aliphatic heterocycles. The van der Waals surface area contributed by atoms with E-state index in [2.05, 4.69) is 47.6 Å². The van der Waals surface area contributed by atoms with Crippen LogP contribution >= 0.6 is 0 Å². The van der Waals surface area contributed by atoms with E-state index in [-0.39, 0.29) is 17.9 Å². The Morgan fingerprint density at radius 1 is 1.15 bits per heavy atom. The van der Waals surface area contributed by atoms with Crippen LogP contribution in [0.1, 0.15) is 63.7 Å². The highest BCUT2D eigenvalue weighted by Gasteiger charge is 2.34. The van der Waals surface area contributed by atoms with Crippen molar-refractivity contribution in [3.63, 3.8) is 0 Å². The number of benzene rings is 1. The lowest BCUT2D eigenvalue weighted by atomic mass is 9.98. The first-order valence-corrected chi connectivity index (χ1v) is 13.9. The molecule has 2 aliphatic rings. The summed E-state index contributed by atoms with van der Waals surface area (Å²) in [5, 5.41) is 16.5. The lowest BCUT2D eigenvalue weighted by Crippen LogP contribution is -2.39. The number of piperidine rings is 1. The van der Waals surface area contributed by atoms with E-state index in [1.165, 1.54) is 5.56 Å². The Bertz CT molecular complexity index is 1590. The van der Waals surface area contributed by atoms with Crippen LogP contribution in [0.15, 0.2) is 29.4 Å². The van der Waals surface area contributed by atoms with Crippen LogP contribution in [0.3, 0.4) is 0 Å². The Balaban J connectivity index is 1.33. The summed E-state index contributed by atoms with van der Waals surface area (Å²) in [5.74, 6) is 0.945. The van der Waals surface area contributed by atoms with Gasteiger partial charge < -0.3 is 24.9 Å². The number of anilines is 1. The van der Waals surface area contributed by atoms with Crippen molar-refractivity contribution < 1.29 is 9.90 Å². The number of aromatic amines is 1. The zero-order valence-corrected chi connectivity index (χ0v) is 23.2. The SMILES string of the molecule is C=NC[C@@H]1CN(c2nc3cc([C@@H]4CCCCN4C(=O)c4[nH]c5c(C)ccc(C)c5c4C)nn3cc2C)C[C@@H]1O. The summed E-state index contributed by atoms with van der Waals surface area (Å²) < 4.78 is 1.82. The van der Waals surface area contributed by atoms with Gasteiger partial charge in [0.25, 0.3) is 5.91 Å². The standard InChI is InChI=1S/C30H37N7O2/c1-17-9-10-18(2)27-26(17)20(4)28(33-27)30(39)36-11-7-6-8-23(36)22-12-25-32-29(19(3)14-37(25)34-22)35-15-21(13-31-5)24(38)16-35/h9-10,12,14,21,23-24,33,38H,5-8,11,13,15-16H2,1-4H3/t21-,23+,24+/m1/s1. The van der Waals surface area contributed by atoms with Gasteiger partial charge in [0, 0.05) is 60.8 Å². The second-order valence-electron chi connectivity index (χ2n) is 11.3. The van der Waals surface area contributed by atoms with Gasteiger partial charge in [0.1, 0.15) is 11.5 Å². The first-order chi connectivity index (χ1) is 18.8. The number of aliphatic hydroxyl groups is 1. The van der Waals surface area contributed by atoms with E-state index in [4.69, 9.17) is 10.1 Å². The summed E-state index contributed by atoms with van der Waals surface area (Å²) >= 11 is 0. The minimum absolute atomic E-state index is 0.0296. The number of carbonyl (C=O) groups is 1. The Labute approximate surface area is 228 Å². The lowest BCUT2D eigenvalue weighted by molar-refractivity contribution is 0.0600. The molecule has 39 heavy (non-hydrogen) atoms. The third-order valence-corrected chi connectivity index (χ3v) is 8.63. The highest BCUT2D eigenvalue weighted by Crippen LogP contribution is 2.35. The van der Waals surface area contributed by atoms with Crippen LogP contribution in [0.4, 0.5) is 5.82 Å². The van der Waals surface area contributed by atoms with Gasteiger partial charge in [0.2, 0.25) is 0 Å². The number of aromatic nitrogens is 4. The minimum atomic E-state index is -0.448. The number of β-amino-alcohol motifs (C(OH)–C–C–N with tert-alkyl or cyclic N) is 1. The molecule has 0 spiro atoms. The normalized spacial score (nSPS) is 21.8. The fraction of sp³-hybridized carbons (Fsp3) is 0.467. The van der Waals surface area contributed by atoms with E-state index in [0.29, 0.717) is 31.9 Å². The first kappa shape index (κ1) is 25.6. The Kier molecular flexibility index (Phi) is 6.41. The first-order valence-electron chi connectivity index (χ1n) is 13.9. The number of fused-ring (bicyclic) bond motifs is 2. The number of nitrogens with zero attached hydrogens (tertiary/aromatic N) is 6. The number of nitrogens with one attached hydrogen (secondary N) is 1. The van der Waals surface area contributed by atoms with Gasteiger partial charge in [-0.3, -0.25) is 4.79 Å². The fourth-order valence-electron chi connectivity index (χ4n) is 6.51. The highest BCUT2D eigenvalue weighted by atomic mass is 16.3. The van der Waals surface area contributed by atoms with E-state index < -0.39 is 6.10 Å². The molecule has 0 unspecified atom stereocenters. The van der Waals surface area contributed by atoms with Crippen molar-refractivity contribution >= 4 is 35.0 Å². The predicted octanol–water partition coefficient (Wildman–Crippen LogP) is 4.31. The summed E-state index contributed by atoms with van der Waals surface area (Å²) in [6.07, 6.45) is 4.44. The number of hydrogen-bond donors (Lipinski definition) is 2. The van der Waals surface area contributed by atoms with E-state index in [9.17, 15) is 9.90 Å². The summed E-state index contributed by atoms with van der Waals surface area (Å²) in [6, 6.07) is 6.13. The molecule has 0 bridgehead atoms. The van der Waals surface area contributed by atoms with E-state index in [1.807, 2.05) is 35.5 Å². The van der Waals surface area contributed by atoms with Gasteiger partial charge >= 0.3 is 0 Å². The number of rotatable bonds is 5. The fourth-order valence-corrected chi connectivity index (χ4v) is 6.51. The predicted molar refractivity (Wildman–Crippen MR) is 154 cm³/mol. The van der Waals surface area contributed by atoms with Gasteiger partial charge in [0.15, 0.2) is 5.65 Å². The number of carbonyl (C=O) groups excluding carboxylic acids is 1. The third-order valence-electron chi connectivity index (χ3n) is 8.63. The average Bonchev–Trinajstić information content (AvgIpc) is 3.61. The summed E-state index contributed by atoms with van der Waals surface area (Å²) in [7, 11) is 0. The van der Waals surface area contributed by atoms with E-state index in [0.717, 1.165) is 64.0 Å². The van der Waals surface area contributed by atoms with Crippen molar-refractivity contribution in [2.24, 2.45) is 10.9 Å². The zero-order valence-electron chi connectivity index (χ0n) is 23.2. The van der Waals surface area contributed by atoms with Crippen molar-refractivity contribution in [3.05, 3.63) is 58.0 Å². The molecular weight excluding hydrogens is 490 g/mol. The maximum Gasteiger partial charge on any atom is 0.271 e. The van der Waals surface area contributed by atoms with Gasteiger partial charge in [-0.05, 0) is 70.4 Å². The maximum atomic E-state index is 14.0. The molecule has 3 aromatic heterocycles. The molecule has 0 saturated carbocycles. The number of hydrogen-bond acceptors (Lipinski definition) is 6. The largest absolute Gasteiger partial charge is 0.391 e. The van der Waals surface area contributed by atoms with Gasteiger partial charge in [0.05, 0.1) is 17.8 Å². The molecule has 2 saturated heterocycles. The molecule has 1 amide bonds. The molecule has 2 fully saturated rings. The number of aliphatic hydroxyl groups excluding tert-OH is 1. The molecule has 5 heterocycles. The van der Waals surface area contributed by atoms with Crippen molar-refractivity contribution in [2.45, 2.75) is 59.1 Å². The van der Waals surface area contributed by atoms with Crippen LogP contribution in [0.2, 0.25) is 0 Å². The molecule has 9 nitrogen and oxygen atoms in total. The third kappa shape index (κ3) is 4.29.